The van der Waals surface area contributed by atoms with Gasteiger partial charge in [0, 0.05) is 31.3 Å². The van der Waals surface area contributed by atoms with E-state index in [-0.39, 0.29) is 11.9 Å². The molecule has 1 saturated heterocycles. The normalized spacial score (nSPS) is 18.1. The number of nitrogens with two attached hydrogens (primary N) is 1. The first kappa shape index (κ1) is 11.7. The summed E-state index contributed by atoms with van der Waals surface area (Å²) in [6.45, 7) is 1.32. The van der Waals surface area contributed by atoms with Crippen molar-refractivity contribution in [3.63, 3.8) is 0 Å². The van der Waals surface area contributed by atoms with Crippen LogP contribution in [0, 0.1) is 0 Å². The molecule has 84 valence electrons. The van der Waals surface area contributed by atoms with Gasteiger partial charge in [0.2, 0.25) is 5.91 Å². The molecule has 0 saturated carbocycles. The Kier molecular flexibility index (Phi) is 4.30. The molecule has 15 heavy (non-hydrogen) atoms. The van der Waals surface area contributed by atoms with Crippen LogP contribution in [-0.4, -0.2) is 43.0 Å². The average Bonchev–Trinajstić information content (AvgIpc) is 2.26. The number of rotatable bonds is 2. The van der Waals surface area contributed by atoms with Gasteiger partial charge in [0.05, 0.1) is 7.11 Å². The lowest BCUT2D eigenvalue weighted by Gasteiger charge is -2.29. The van der Waals surface area contributed by atoms with E-state index in [4.69, 9.17) is 5.73 Å². The molecule has 0 spiro atoms. The number of carbonyl (C=O) groups excluding carboxylic acids is 2. The minimum atomic E-state index is -0.517. The molecule has 1 aliphatic heterocycles. The molecule has 0 aromatic rings. The van der Waals surface area contributed by atoms with E-state index in [0.29, 0.717) is 13.1 Å². The molecule has 1 aliphatic rings. The molecule has 0 aromatic carbocycles. The second kappa shape index (κ2) is 5.50. The van der Waals surface area contributed by atoms with Crippen molar-refractivity contribution in [2.75, 3.05) is 20.2 Å². The molecule has 0 aliphatic carbocycles. The number of amides is 1. The lowest BCUT2D eigenvalue weighted by Crippen LogP contribution is -2.42. The highest BCUT2D eigenvalue weighted by Gasteiger charge is 2.18. The Labute approximate surface area is 88.9 Å². The highest BCUT2D eigenvalue weighted by molar-refractivity contribution is 5.94. The standard InChI is InChI=1S/C10H16N2O3/c1-15-10(14)3-2-9(13)12-6-4-8(11)5-7-12/h2-3,8H,4-7,11H2,1H3/b3-2+. The van der Waals surface area contributed by atoms with Crippen molar-refractivity contribution in [3.8, 4) is 0 Å². The molecule has 0 bridgehead atoms. The molecule has 0 atom stereocenters. The van der Waals surface area contributed by atoms with Crippen LogP contribution in [0.5, 0.6) is 0 Å². The van der Waals surface area contributed by atoms with Gasteiger partial charge < -0.3 is 15.4 Å². The minimum Gasteiger partial charge on any atom is -0.466 e. The SMILES string of the molecule is COC(=O)/C=C/C(=O)N1CCC(N)CC1. The number of ether oxygens (including phenoxy) is 1. The third-order valence-electron chi connectivity index (χ3n) is 2.41. The average molecular weight is 212 g/mol. The number of nitrogens with zero attached hydrogens (tertiary/aromatic N) is 1. The molecule has 0 radical (unpaired) electrons. The lowest BCUT2D eigenvalue weighted by atomic mass is 10.1. The first-order valence-corrected chi connectivity index (χ1v) is 4.94. The Morgan fingerprint density at radius 1 is 1.33 bits per heavy atom. The zero-order chi connectivity index (χ0) is 11.3. The fourth-order valence-electron chi connectivity index (χ4n) is 1.43. The van der Waals surface area contributed by atoms with Crippen LogP contribution in [0.15, 0.2) is 12.2 Å². The van der Waals surface area contributed by atoms with Crippen LogP contribution in [0.3, 0.4) is 0 Å². The Bertz CT molecular complexity index is 268. The summed E-state index contributed by atoms with van der Waals surface area (Å²) >= 11 is 0. The van der Waals surface area contributed by atoms with Crippen LogP contribution in [0.25, 0.3) is 0 Å². The predicted molar refractivity (Wildman–Crippen MR) is 54.9 cm³/mol. The van der Waals surface area contributed by atoms with Crippen LogP contribution < -0.4 is 5.73 Å². The van der Waals surface area contributed by atoms with Crippen molar-refractivity contribution in [2.24, 2.45) is 5.73 Å². The molecule has 5 nitrogen and oxygen atoms in total. The highest BCUT2D eigenvalue weighted by Crippen LogP contribution is 2.08. The summed E-state index contributed by atoms with van der Waals surface area (Å²) in [6.07, 6.45) is 4.01. The number of carbonyl (C=O) groups is 2. The quantitative estimate of drug-likeness (QED) is 0.502. The van der Waals surface area contributed by atoms with E-state index in [9.17, 15) is 9.59 Å². The Morgan fingerprint density at radius 2 is 1.93 bits per heavy atom. The van der Waals surface area contributed by atoms with Crippen LogP contribution >= 0.6 is 0 Å². The van der Waals surface area contributed by atoms with E-state index < -0.39 is 5.97 Å². The maximum Gasteiger partial charge on any atom is 0.330 e. The summed E-state index contributed by atoms with van der Waals surface area (Å²) in [7, 11) is 1.27. The van der Waals surface area contributed by atoms with Crippen molar-refractivity contribution in [2.45, 2.75) is 18.9 Å². The van der Waals surface area contributed by atoms with Crippen molar-refractivity contribution in [3.05, 3.63) is 12.2 Å². The van der Waals surface area contributed by atoms with Gasteiger partial charge in [0.25, 0.3) is 0 Å². The number of methoxy groups -OCH3 is 1. The fraction of sp³-hybridized carbons (Fsp3) is 0.600. The summed E-state index contributed by atoms with van der Waals surface area (Å²) in [5, 5.41) is 0. The number of piperidine rings is 1. The Balaban J connectivity index is 2.40. The summed E-state index contributed by atoms with van der Waals surface area (Å²) in [5.74, 6) is -0.677. The van der Waals surface area contributed by atoms with Crippen molar-refractivity contribution in [1.29, 1.82) is 0 Å². The van der Waals surface area contributed by atoms with E-state index in [0.717, 1.165) is 18.9 Å². The monoisotopic (exact) mass is 212 g/mol. The van der Waals surface area contributed by atoms with Gasteiger partial charge in [-0.05, 0) is 12.8 Å². The van der Waals surface area contributed by atoms with Gasteiger partial charge in [0.15, 0.2) is 0 Å². The second-order valence-corrected chi connectivity index (χ2v) is 3.52. The molecular weight excluding hydrogens is 196 g/mol. The smallest absolute Gasteiger partial charge is 0.330 e. The lowest BCUT2D eigenvalue weighted by molar-refractivity contribution is -0.135. The van der Waals surface area contributed by atoms with E-state index in [1.807, 2.05) is 0 Å². The third kappa shape index (κ3) is 3.71. The third-order valence-corrected chi connectivity index (χ3v) is 2.41. The number of hydrogen-bond acceptors (Lipinski definition) is 4. The molecule has 1 amide bonds. The molecule has 1 fully saturated rings. The maximum absolute atomic E-state index is 11.5. The second-order valence-electron chi connectivity index (χ2n) is 3.52. The first-order valence-electron chi connectivity index (χ1n) is 4.94. The number of hydrogen-bond donors (Lipinski definition) is 1. The van der Waals surface area contributed by atoms with Gasteiger partial charge in [-0.3, -0.25) is 4.79 Å². The summed E-state index contributed by atoms with van der Waals surface area (Å²) < 4.78 is 4.39. The largest absolute Gasteiger partial charge is 0.466 e. The summed E-state index contributed by atoms with van der Waals surface area (Å²) in [6, 6.07) is 0.193. The van der Waals surface area contributed by atoms with E-state index in [2.05, 4.69) is 4.74 Å². The maximum atomic E-state index is 11.5. The van der Waals surface area contributed by atoms with Crippen molar-refractivity contribution in [1.82, 2.24) is 4.90 Å². The van der Waals surface area contributed by atoms with Crippen molar-refractivity contribution >= 4 is 11.9 Å². The van der Waals surface area contributed by atoms with Gasteiger partial charge in [-0.15, -0.1) is 0 Å². The van der Waals surface area contributed by atoms with Crippen LogP contribution in [0.2, 0.25) is 0 Å². The van der Waals surface area contributed by atoms with Crippen LogP contribution in [-0.2, 0) is 14.3 Å². The molecular formula is C10H16N2O3. The van der Waals surface area contributed by atoms with Gasteiger partial charge in [-0.2, -0.15) is 0 Å². The van der Waals surface area contributed by atoms with Gasteiger partial charge >= 0.3 is 5.97 Å². The Hall–Kier alpha value is -1.36. The molecule has 5 heteroatoms. The number of likely N-dealkylation sites (tertiary alicyclic amines) is 1. The fourth-order valence-corrected chi connectivity index (χ4v) is 1.43. The summed E-state index contributed by atoms with van der Waals surface area (Å²) in [4.78, 5) is 24.0. The molecule has 0 unspecified atom stereocenters. The number of esters is 1. The van der Waals surface area contributed by atoms with Gasteiger partial charge in [0.1, 0.15) is 0 Å². The summed E-state index contributed by atoms with van der Waals surface area (Å²) in [5.41, 5.74) is 5.71. The molecule has 0 aromatic heterocycles. The van der Waals surface area contributed by atoms with Crippen LogP contribution in [0.4, 0.5) is 0 Å². The van der Waals surface area contributed by atoms with Gasteiger partial charge in [-0.25, -0.2) is 4.79 Å². The van der Waals surface area contributed by atoms with Crippen molar-refractivity contribution < 1.29 is 14.3 Å². The predicted octanol–water partition coefficient (Wildman–Crippen LogP) is -0.335. The van der Waals surface area contributed by atoms with Crippen LogP contribution in [0.1, 0.15) is 12.8 Å². The van der Waals surface area contributed by atoms with E-state index >= 15 is 0 Å². The molecule has 2 N–H and O–H groups in total. The minimum absolute atomic E-state index is 0.160. The highest BCUT2D eigenvalue weighted by atomic mass is 16.5. The molecule has 1 rings (SSSR count). The van der Waals surface area contributed by atoms with E-state index in [1.54, 1.807) is 4.90 Å². The molecule has 1 heterocycles. The van der Waals surface area contributed by atoms with E-state index in [1.165, 1.54) is 13.2 Å². The zero-order valence-corrected chi connectivity index (χ0v) is 8.81. The Morgan fingerprint density at radius 3 is 2.47 bits per heavy atom. The zero-order valence-electron chi connectivity index (χ0n) is 8.81. The first-order chi connectivity index (χ1) is 7.13. The van der Waals surface area contributed by atoms with Gasteiger partial charge in [-0.1, -0.05) is 0 Å². The topological polar surface area (TPSA) is 72.6 Å².